The van der Waals surface area contributed by atoms with Crippen molar-refractivity contribution in [1.82, 2.24) is 0 Å². The van der Waals surface area contributed by atoms with Crippen LogP contribution in [0.3, 0.4) is 0 Å². The van der Waals surface area contributed by atoms with Crippen molar-refractivity contribution in [1.29, 1.82) is 0 Å². The lowest BCUT2D eigenvalue weighted by Crippen LogP contribution is -2.03. The van der Waals surface area contributed by atoms with Gasteiger partial charge in [0.05, 0.1) is 17.8 Å². The minimum atomic E-state index is -3.32. The van der Waals surface area contributed by atoms with Gasteiger partial charge in [-0.3, -0.25) is 14.3 Å². The summed E-state index contributed by atoms with van der Waals surface area (Å²) in [6, 6.07) is 6.52. The van der Waals surface area contributed by atoms with Gasteiger partial charge in [-0.05, 0) is 30.7 Å². The predicted molar refractivity (Wildman–Crippen MR) is 83.1 cm³/mol. The summed E-state index contributed by atoms with van der Waals surface area (Å²) in [5, 5.41) is 10.5. The van der Waals surface area contributed by atoms with Gasteiger partial charge in [0.1, 0.15) is 0 Å². The van der Waals surface area contributed by atoms with Crippen LogP contribution in [-0.2, 0) is 14.3 Å². The smallest absolute Gasteiger partial charge is 0.269 e. The van der Waals surface area contributed by atoms with Crippen LogP contribution in [0.2, 0.25) is 0 Å². The Bertz CT molecular complexity index is 542. The number of hydrogen-bond acceptors (Lipinski definition) is 6. The highest BCUT2D eigenvalue weighted by atomic mass is 32.2. The molecule has 0 atom stereocenters. The van der Waals surface area contributed by atoms with Gasteiger partial charge in [-0.2, -0.15) is 8.42 Å². The Morgan fingerprint density at radius 3 is 2.33 bits per heavy atom. The maximum Gasteiger partial charge on any atom is 0.269 e. The summed E-state index contributed by atoms with van der Waals surface area (Å²) in [7, 11) is -3.32. The molecule has 0 aliphatic rings. The SMILES string of the molecule is CS(=O)(=O)OCCCCCCSc1ccc([N+](=O)[O-])cc1. The van der Waals surface area contributed by atoms with E-state index in [9.17, 15) is 18.5 Å². The van der Waals surface area contributed by atoms with Crippen molar-refractivity contribution < 1.29 is 17.5 Å². The number of non-ortho nitro benzene ring substituents is 1. The molecule has 0 radical (unpaired) electrons. The van der Waals surface area contributed by atoms with E-state index in [4.69, 9.17) is 0 Å². The molecule has 0 aliphatic carbocycles. The molecule has 0 spiro atoms. The second-order valence-corrected chi connectivity index (χ2v) is 7.35. The van der Waals surface area contributed by atoms with Gasteiger partial charge in [0.15, 0.2) is 0 Å². The predicted octanol–water partition coefficient (Wildman–Crippen LogP) is 3.22. The summed E-state index contributed by atoms with van der Waals surface area (Å²) < 4.78 is 26.1. The Hall–Kier alpha value is -1.12. The molecule has 0 fully saturated rings. The van der Waals surface area contributed by atoms with E-state index in [1.807, 2.05) is 0 Å². The molecule has 0 bridgehead atoms. The van der Waals surface area contributed by atoms with E-state index in [2.05, 4.69) is 4.18 Å². The fraction of sp³-hybridized carbons (Fsp3) is 0.538. The molecule has 6 nitrogen and oxygen atoms in total. The maximum atomic E-state index is 10.7. The van der Waals surface area contributed by atoms with Crippen LogP contribution in [0.1, 0.15) is 25.7 Å². The summed E-state index contributed by atoms with van der Waals surface area (Å²) >= 11 is 1.66. The van der Waals surface area contributed by atoms with Crippen molar-refractivity contribution in [2.45, 2.75) is 30.6 Å². The van der Waals surface area contributed by atoms with E-state index in [-0.39, 0.29) is 12.3 Å². The van der Waals surface area contributed by atoms with Gasteiger partial charge in [0.25, 0.3) is 15.8 Å². The van der Waals surface area contributed by atoms with Crippen LogP contribution in [0.25, 0.3) is 0 Å². The number of rotatable bonds is 10. The van der Waals surface area contributed by atoms with Crippen molar-refractivity contribution in [3.8, 4) is 0 Å². The second-order valence-electron chi connectivity index (χ2n) is 4.54. The molecule has 0 saturated heterocycles. The zero-order valence-corrected chi connectivity index (χ0v) is 13.5. The Morgan fingerprint density at radius 2 is 1.76 bits per heavy atom. The average Bonchev–Trinajstić information content (AvgIpc) is 2.41. The van der Waals surface area contributed by atoms with Crippen molar-refractivity contribution in [2.24, 2.45) is 0 Å². The first kappa shape index (κ1) is 17.9. The molecule has 1 aromatic rings. The topological polar surface area (TPSA) is 86.5 Å². The molecule has 0 saturated carbocycles. The minimum Gasteiger partial charge on any atom is -0.270 e. The van der Waals surface area contributed by atoms with Crippen molar-refractivity contribution in [2.75, 3.05) is 18.6 Å². The lowest BCUT2D eigenvalue weighted by Gasteiger charge is -2.03. The average molecular weight is 333 g/mol. The molecule has 1 aromatic carbocycles. The molecular weight excluding hydrogens is 314 g/mol. The lowest BCUT2D eigenvalue weighted by atomic mass is 10.2. The summed E-state index contributed by atoms with van der Waals surface area (Å²) in [4.78, 5) is 11.1. The molecule has 21 heavy (non-hydrogen) atoms. The Labute approximate surface area is 129 Å². The lowest BCUT2D eigenvalue weighted by molar-refractivity contribution is -0.384. The highest BCUT2D eigenvalue weighted by molar-refractivity contribution is 7.99. The van der Waals surface area contributed by atoms with Crippen LogP contribution in [0.5, 0.6) is 0 Å². The third kappa shape index (κ3) is 8.69. The summed E-state index contributed by atoms with van der Waals surface area (Å²) in [6.45, 7) is 0.244. The van der Waals surface area contributed by atoms with Crippen LogP contribution in [-0.4, -0.2) is 32.0 Å². The zero-order valence-electron chi connectivity index (χ0n) is 11.9. The standard InChI is InChI=1S/C13H19NO5S2/c1-21(17,18)19-10-4-2-3-5-11-20-13-8-6-12(7-9-13)14(15)16/h6-9H,2-5,10-11H2,1H3. The van der Waals surface area contributed by atoms with Gasteiger partial charge < -0.3 is 0 Å². The van der Waals surface area contributed by atoms with E-state index in [1.165, 1.54) is 12.1 Å². The van der Waals surface area contributed by atoms with Gasteiger partial charge >= 0.3 is 0 Å². The van der Waals surface area contributed by atoms with Crippen molar-refractivity contribution in [3.05, 3.63) is 34.4 Å². The van der Waals surface area contributed by atoms with Gasteiger partial charge in [0, 0.05) is 17.0 Å². The van der Waals surface area contributed by atoms with E-state index < -0.39 is 15.0 Å². The number of nitrogens with zero attached hydrogens (tertiary/aromatic N) is 1. The number of nitro groups is 1. The fourth-order valence-electron chi connectivity index (χ4n) is 1.62. The van der Waals surface area contributed by atoms with Gasteiger partial charge in [-0.25, -0.2) is 0 Å². The quantitative estimate of drug-likeness (QED) is 0.215. The Balaban J connectivity index is 2.08. The highest BCUT2D eigenvalue weighted by Crippen LogP contribution is 2.22. The summed E-state index contributed by atoms with van der Waals surface area (Å²) in [5.41, 5.74) is 0.102. The molecule has 0 amide bonds. The Kier molecular flexibility index (Phi) is 7.69. The summed E-state index contributed by atoms with van der Waals surface area (Å²) in [6.07, 6.45) is 4.73. The number of unbranched alkanes of at least 4 members (excludes halogenated alkanes) is 3. The van der Waals surface area contributed by atoms with Crippen LogP contribution in [0, 0.1) is 10.1 Å². The molecule has 0 unspecified atom stereocenters. The molecule has 0 aliphatic heterocycles. The number of benzene rings is 1. The first-order valence-corrected chi connectivity index (χ1v) is 9.40. The normalized spacial score (nSPS) is 11.5. The molecular formula is C13H19NO5S2. The fourth-order valence-corrected chi connectivity index (χ4v) is 2.96. The largest absolute Gasteiger partial charge is 0.270 e. The van der Waals surface area contributed by atoms with Crippen molar-refractivity contribution >= 4 is 27.6 Å². The summed E-state index contributed by atoms with van der Waals surface area (Å²) in [5.74, 6) is 0.935. The van der Waals surface area contributed by atoms with E-state index in [1.54, 1.807) is 23.9 Å². The number of hydrogen-bond donors (Lipinski definition) is 0. The molecule has 0 N–H and O–H groups in total. The zero-order chi connectivity index (χ0) is 15.7. The molecule has 8 heteroatoms. The van der Waals surface area contributed by atoms with Gasteiger partial charge in [-0.1, -0.05) is 12.8 Å². The molecule has 1 rings (SSSR count). The molecule has 118 valence electrons. The van der Waals surface area contributed by atoms with E-state index in [0.717, 1.165) is 42.6 Å². The van der Waals surface area contributed by atoms with Crippen LogP contribution < -0.4 is 0 Å². The Morgan fingerprint density at radius 1 is 1.14 bits per heavy atom. The third-order valence-electron chi connectivity index (χ3n) is 2.65. The molecule has 0 aromatic heterocycles. The van der Waals surface area contributed by atoms with Crippen molar-refractivity contribution in [3.63, 3.8) is 0 Å². The van der Waals surface area contributed by atoms with Crippen LogP contribution >= 0.6 is 11.8 Å². The van der Waals surface area contributed by atoms with Crippen LogP contribution in [0.15, 0.2) is 29.2 Å². The monoisotopic (exact) mass is 333 g/mol. The highest BCUT2D eigenvalue weighted by Gasteiger charge is 2.04. The maximum absolute atomic E-state index is 10.7. The van der Waals surface area contributed by atoms with Gasteiger partial charge in [0.2, 0.25) is 0 Å². The number of nitro benzene ring substituents is 1. The van der Waals surface area contributed by atoms with E-state index in [0.29, 0.717) is 0 Å². The minimum absolute atomic E-state index is 0.102. The molecule has 0 heterocycles. The van der Waals surface area contributed by atoms with E-state index >= 15 is 0 Å². The second kappa shape index (κ2) is 9.01. The third-order valence-corrected chi connectivity index (χ3v) is 4.35. The van der Waals surface area contributed by atoms with Gasteiger partial charge in [-0.15, -0.1) is 11.8 Å². The van der Waals surface area contributed by atoms with Crippen LogP contribution in [0.4, 0.5) is 5.69 Å². The number of thioether (sulfide) groups is 1. The first-order chi connectivity index (χ1) is 9.88. The first-order valence-electron chi connectivity index (χ1n) is 6.60.